The highest BCUT2D eigenvalue weighted by Crippen LogP contribution is 2.42. The summed E-state index contributed by atoms with van der Waals surface area (Å²) in [6, 6.07) is 31.9. The van der Waals surface area contributed by atoms with Crippen molar-refractivity contribution >= 4 is 33.8 Å². The molecule has 4 rings (SSSR count). The van der Waals surface area contributed by atoms with Crippen molar-refractivity contribution in [3.8, 4) is 0 Å². The Kier molecular flexibility index (Phi) is 11.6. The first kappa shape index (κ1) is 29.8. The number of nitrogens with zero attached hydrogens (tertiary/aromatic N) is 2. The van der Waals surface area contributed by atoms with Crippen LogP contribution in [0.4, 0.5) is 9.59 Å². The van der Waals surface area contributed by atoms with Crippen molar-refractivity contribution in [1.29, 1.82) is 0 Å². The zero-order valence-corrected chi connectivity index (χ0v) is 24.5. The number of hydrogen-bond acceptors (Lipinski definition) is 7. The monoisotopic (exact) mass is 579 g/mol. The Hall–Kier alpha value is -3.14. The summed E-state index contributed by atoms with van der Waals surface area (Å²) < 4.78 is 10.6. The van der Waals surface area contributed by atoms with Crippen molar-refractivity contribution in [3.05, 3.63) is 108 Å². The number of ether oxygens (including phenoxy) is 2. The quantitative estimate of drug-likeness (QED) is 0.164. The second kappa shape index (κ2) is 15.6. The van der Waals surface area contributed by atoms with Crippen LogP contribution in [-0.4, -0.2) is 79.4 Å². The van der Waals surface area contributed by atoms with Gasteiger partial charge in [-0.25, -0.2) is 9.59 Å². The van der Waals surface area contributed by atoms with E-state index in [0.29, 0.717) is 57.4 Å². The predicted octanol–water partition coefficient (Wildman–Crippen LogP) is 5.86. The molecule has 0 spiro atoms. The lowest BCUT2D eigenvalue weighted by Gasteiger charge is -2.48. The highest BCUT2D eigenvalue weighted by molar-refractivity contribution is 8.76. The zero-order chi connectivity index (χ0) is 28.0. The molecule has 1 saturated heterocycles. The zero-order valence-electron chi connectivity index (χ0n) is 22.9. The fraction of sp³-hybridized carbons (Fsp3) is 0.355. The third-order valence-electron chi connectivity index (χ3n) is 6.78. The van der Waals surface area contributed by atoms with Crippen LogP contribution >= 0.6 is 21.6 Å². The van der Waals surface area contributed by atoms with E-state index >= 15 is 0 Å². The molecule has 0 unspecified atom stereocenters. The summed E-state index contributed by atoms with van der Waals surface area (Å²) in [6.07, 6.45) is -0.662. The van der Waals surface area contributed by atoms with E-state index < -0.39 is 11.6 Å². The fourth-order valence-electron chi connectivity index (χ4n) is 5.05. The Morgan fingerprint density at radius 1 is 0.725 bits per heavy atom. The number of hydrogen-bond donors (Lipinski definition) is 1. The topological polar surface area (TPSA) is 71.1 Å². The van der Waals surface area contributed by atoms with Gasteiger partial charge in [0.2, 0.25) is 0 Å². The summed E-state index contributed by atoms with van der Waals surface area (Å²) in [5.74, 6) is 1.36. The maximum atomic E-state index is 12.8. The van der Waals surface area contributed by atoms with Crippen molar-refractivity contribution in [2.75, 3.05) is 57.4 Å². The minimum atomic E-state index is -0.478. The van der Waals surface area contributed by atoms with Gasteiger partial charge in [-0.2, -0.15) is 0 Å². The minimum absolute atomic E-state index is 0.269. The highest BCUT2D eigenvalue weighted by Gasteiger charge is 2.43. The molecule has 1 aliphatic rings. The normalized spacial score (nSPS) is 14.0. The molecule has 3 aromatic rings. The summed E-state index contributed by atoms with van der Waals surface area (Å²) in [7, 11) is 3.20. The SMILES string of the molecule is CCNC(=O)OCCSSCCOC(=O)N1CCN(C(c2ccccc2)(c2ccccc2)c2ccccc2)CC1. The molecule has 40 heavy (non-hydrogen) atoms. The predicted molar refractivity (Wildman–Crippen MR) is 164 cm³/mol. The maximum absolute atomic E-state index is 12.8. The van der Waals surface area contributed by atoms with Crippen molar-refractivity contribution in [2.45, 2.75) is 12.5 Å². The first-order valence-corrected chi connectivity index (χ1v) is 16.1. The molecule has 1 fully saturated rings. The van der Waals surface area contributed by atoms with Crippen LogP contribution in [0.3, 0.4) is 0 Å². The van der Waals surface area contributed by atoms with E-state index in [-0.39, 0.29) is 6.09 Å². The molecule has 2 amide bonds. The Morgan fingerprint density at radius 3 is 1.62 bits per heavy atom. The van der Waals surface area contributed by atoms with E-state index in [9.17, 15) is 9.59 Å². The lowest BCUT2D eigenvalue weighted by molar-refractivity contribution is 0.0545. The Labute approximate surface area is 245 Å². The van der Waals surface area contributed by atoms with E-state index in [2.05, 4.69) is 101 Å². The number of rotatable bonds is 12. The minimum Gasteiger partial charge on any atom is -0.449 e. The average Bonchev–Trinajstić information content (AvgIpc) is 3.01. The number of alkyl carbamates (subject to hydrolysis) is 1. The molecule has 0 aliphatic carbocycles. The van der Waals surface area contributed by atoms with Crippen LogP contribution in [0, 0.1) is 0 Å². The van der Waals surface area contributed by atoms with Gasteiger partial charge in [0, 0.05) is 44.2 Å². The largest absolute Gasteiger partial charge is 0.449 e. The van der Waals surface area contributed by atoms with Gasteiger partial charge >= 0.3 is 12.2 Å². The molecule has 7 nitrogen and oxygen atoms in total. The van der Waals surface area contributed by atoms with Crippen LogP contribution < -0.4 is 5.32 Å². The van der Waals surface area contributed by atoms with Crippen LogP contribution in [0.2, 0.25) is 0 Å². The average molecular weight is 580 g/mol. The first-order valence-electron chi connectivity index (χ1n) is 13.6. The van der Waals surface area contributed by atoms with Crippen LogP contribution in [0.5, 0.6) is 0 Å². The van der Waals surface area contributed by atoms with Gasteiger partial charge in [-0.3, -0.25) is 4.90 Å². The Bertz CT molecular complexity index is 1080. The van der Waals surface area contributed by atoms with E-state index in [1.54, 1.807) is 26.5 Å². The van der Waals surface area contributed by atoms with Gasteiger partial charge in [0.25, 0.3) is 0 Å². The van der Waals surface area contributed by atoms with Crippen LogP contribution in [0.25, 0.3) is 0 Å². The number of amides is 2. The fourth-order valence-corrected chi connectivity index (χ4v) is 6.70. The molecule has 1 heterocycles. The molecule has 1 N–H and O–H groups in total. The maximum Gasteiger partial charge on any atom is 0.409 e. The van der Waals surface area contributed by atoms with E-state index in [0.717, 1.165) is 0 Å². The van der Waals surface area contributed by atoms with Crippen LogP contribution in [0.15, 0.2) is 91.0 Å². The number of benzene rings is 3. The molecular weight excluding hydrogens is 542 g/mol. The second-order valence-corrected chi connectivity index (χ2v) is 11.9. The first-order chi connectivity index (χ1) is 19.7. The van der Waals surface area contributed by atoms with E-state index in [4.69, 9.17) is 9.47 Å². The Balaban J connectivity index is 1.35. The number of carbonyl (C=O) groups is 2. The summed E-state index contributed by atoms with van der Waals surface area (Å²) in [5, 5.41) is 2.59. The van der Waals surface area contributed by atoms with Crippen LogP contribution in [-0.2, 0) is 15.0 Å². The molecule has 1 aliphatic heterocycles. The lowest BCUT2D eigenvalue weighted by atomic mass is 9.75. The van der Waals surface area contributed by atoms with Gasteiger partial charge in [0.15, 0.2) is 0 Å². The lowest BCUT2D eigenvalue weighted by Crippen LogP contribution is -2.57. The standard InChI is InChI=1S/C31H37N3O4S2/c1-2-32-29(35)37-22-24-39-40-25-23-38-30(36)33-18-20-34(21-19-33)31(26-12-6-3-7-13-26,27-14-8-4-9-15-27)28-16-10-5-11-17-28/h3-17H,2,18-25H2,1H3,(H,32,35). The molecule has 212 valence electrons. The second-order valence-electron chi connectivity index (χ2n) is 9.21. The molecule has 0 aromatic heterocycles. The molecule has 3 aromatic carbocycles. The van der Waals surface area contributed by atoms with Gasteiger partial charge in [0.1, 0.15) is 13.2 Å². The van der Waals surface area contributed by atoms with Crippen molar-refractivity contribution in [1.82, 2.24) is 15.1 Å². The molecule has 0 radical (unpaired) electrons. The van der Waals surface area contributed by atoms with Gasteiger partial charge in [-0.1, -0.05) is 113 Å². The molecule has 0 atom stereocenters. The number of piperazine rings is 1. The Morgan fingerprint density at radius 2 is 1.18 bits per heavy atom. The number of nitrogens with one attached hydrogen (secondary N) is 1. The number of carbonyl (C=O) groups excluding carboxylic acids is 2. The van der Waals surface area contributed by atoms with Gasteiger partial charge in [0.05, 0.1) is 5.54 Å². The summed E-state index contributed by atoms with van der Waals surface area (Å²) in [4.78, 5) is 28.4. The van der Waals surface area contributed by atoms with Gasteiger partial charge in [-0.05, 0) is 23.6 Å². The van der Waals surface area contributed by atoms with Crippen molar-refractivity contribution in [3.63, 3.8) is 0 Å². The van der Waals surface area contributed by atoms with Gasteiger partial charge < -0.3 is 19.7 Å². The smallest absolute Gasteiger partial charge is 0.409 e. The molecule has 0 bridgehead atoms. The van der Waals surface area contributed by atoms with Crippen molar-refractivity contribution in [2.24, 2.45) is 0 Å². The van der Waals surface area contributed by atoms with Crippen molar-refractivity contribution < 1.29 is 19.1 Å². The third kappa shape index (κ3) is 7.53. The summed E-state index contributed by atoms with van der Waals surface area (Å²) in [5.41, 5.74) is 3.13. The highest BCUT2D eigenvalue weighted by atomic mass is 33.1. The van der Waals surface area contributed by atoms with Crippen LogP contribution in [0.1, 0.15) is 23.6 Å². The van der Waals surface area contributed by atoms with E-state index in [1.165, 1.54) is 16.7 Å². The van der Waals surface area contributed by atoms with Gasteiger partial charge in [-0.15, -0.1) is 0 Å². The third-order valence-corrected chi connectivity index (χ3v) is 9.12. The summed E-state index contributed by atoms with van der Waals surface area (Å²) in [6.45, 7) is 5.70. The summed E-state index contributed by atoms with van der Waals surface area (Å²) >= 11 is 0. The molecule has 9 heteroatoms. The molecule has 0 saturated carbocycles. The van der Waals surface area contributed by atoms with E-state index in [1.807, 2.05) is 6.92 Å². The molecular formula is C31H37N3O4S2.